The normalized spacial score (nSPS) is 34.7. The first-order valence-electron chi connectivity index (χ1n) is 11.0. The Morgan fingerprint density at radius 1 is 1.17 bits per heavy atom. The fourth-order valence-electron chi connectivity index (χ4n) is 6.12. The van der Waals surface area contributed by atoms with Gasteiger partial charge in [-0.25, -0.2) is 0 Å². The highest BCUT2D eigenvalue weighted by Crippen LogP contribution is 2.60. The molecule has 1 aromatic carbocycles. The monoisotopic (exact) mass is 474 g/mol. The average molecular weight is 475 g/mol. The number of halogens is 1. The number of amides is 2. The lowest BCUT2D eigenvalue weighted by Crippen LogP contribution is -2.40. The van der Waals surface area contributed by atoms with Crippen LogP contribution in [-0.4, -0.2) is 46.7 Å². The van der Waals surface area contributed by atoms with Gasteiger partial charge in [-0.05, 0) is 43.4 Å². The van der Waals surface area contributed by atoms with Crippen molar-refractivity contribution in [1.29, 1.82) is 0 Å². The lowest BCUT2D eigenvalue weighted by Gasteiger charge is -2.31. The van der Waals surface area contributed by atoms with Crippen LogP contribution in [0.25, 0.3) is 0 Å². The van der Waals surface area contributed by atoms with Crippen LogP contribution in [0.1, 0.15) is 48.9 Å². The van der Waals surface area contributed by atoms with Gasteiger partial charge in [0.15, 0.2) is 0 Å². The molecule has 0 unspecified atom stereocenters. The predicted molar refractivity (Wildman–Crippen MR) is 115 cm³/mol. The molecule has 160 valence electrons. The second-order valence-corrected chi connectivity index (χ2v) is 10.3. The van der Waals surface area contributed by atoms with Gasteiger partial charge >= 0.3 is 5.97 Å². The van der Waals surface area contributed by atoms with Crippen molar-refractivity contribution in [2.45, 2.75) is 55.5 Å². The number of fused-ring (bicyclic) bond motifs is 1. The van der Waals surface area contributed by atoms with Gasteiger partial charge in [0.1, 0.15) is 6.10 Å². The van der Waals surface area contributed by atoms with Crippen LogP contribution in [0.2, 0.25) is 0 Å². The van der Waals surface area contributed by atoms with Crippen LogP contribution >= 0.6 is 15.9 Å². The molecule has 0 aromatic heterocycles. The first-order chi connectivity index (χ1) is 14.5. The lowest BCUT2D eigenvalue weighted by molar-refractivity contribution is -0.145. The number of hydrogen-bond donors (Lipinski definition) is 1. The van der Waals surface area contributed by atoms with Gasteiger partial charge in [-0.1, -0.05) is 41.3 Å². The number of benzene rings is 1. The summed E-state index contributed by atoms with van der Waals surface area (Å²) < 4.78 is 5.50. The first kappa shape index (κ1) is 20.0. The number of anilines is 1. The Balaban J connectivity index is 1.30. The number of esters is 1. The Kier molecular flexibility index (Phi) is 5.12. The first-order valence-corrected chi connectivity index (χ1v) is 11.9. The maximum atomic E-state index is 13.1. The van der Waals surface area contributed by atoms with E-state index in [-0.39, 0.29) is 58.4 Å². The molecular formula is C23H27BrN2O4. The summed E-state index contributed by atoms with van der Waals surface area (Å²) in [4.78, 5) is 40.3. The SMILES string of the molecule is CN(C(=O)c1cccc(NC(=O)[C@@H]2[C@H]3C[C@H]4[C@H](OC(=O)[C@H]42)[C@H]3Br)c1)C1CCCCC1. The zero-order chi connectivity index (χ0) is 21.0. The largest absolute Gasteiger partial charge is 0.461 e. The zero-order valence-corrected chi connectivity index (χ0v) is 18.6. The highest BCUT2D eigenvalue weighted by atomic mass is 79.9. The summed E-state index contributed by atoms with van der Waals surface area (Å²) in [6.45, 7) is 0. The third kappa shape index (κ3) is 3.17. The molecular weight excluding hydrogens is 448 g/mol. The van der Waals surface area contributed by atoms with E-state index >= 15 is 0 Å². The van der Waals surface area contributed by atoms with Crippen LogP contribution in [-0.2, 0) is 14.3 Å². The maximum Gasteiger partial charge on any atom is 0.310 e. The molecule has 30 heavy (non-hydrogen) atoms. The number of carbonyl (C=O) groups excluding carboxylic acids is 3. The van der Waals surface area contributed by atoms with Crippen LogP contribution in [0.3, 0.4) is 0 Å². The van der Waals surface area contributed by atoms with Crippen molar-refractivity contribution in [1.82, 2.24) is 4.90 Å². The van der Waals surface area contributed by atoms with E-state index in [9.17, 15) is 14.4 Å². The number of rotatable bonds is 4. The van der Waals surface area contributed by atoms with E-state index in [1.54, 1.807) is 24.3 Å². The molecule has 4 aliphatic rings. The number of hydrogen-bond acceptors (Lipinski definition) is 4. The van der Waals surface area contributed by atoms with Crippen LogP contribution in [0.15, 0.2) is 24.3 Å². The lowest BCUT2D eigenvalue weighted by atomic mass is 9.79. The summed E-state index contributed by atoms with van der Waals surface area (Å²) in [5, 5.41) is 2.97. The molecule has 3 aliphatic carbocycles. The van der Waals surface area contributed by atoms with Crippen molar-refractivity contribution in [3.63, 3.8) is 0 Å². The van der Waals surface area contributed by atoms with Gasteiger partial charge in [-0.3, -0.25) is 14.4 Å². The van der Waals surface area contributed by atoms with Gasteiger partial charge in [0.25, 0.3) is 5.91 Å². The number of nitrogens with zero attached hydrogens (tertiary/aromatic N) is 1. The summed E-state index contributed by atoms with van der Waals surface area (Å²) >= 11 is 3.65. The van der Waals surface area contributed by atoms with Crippen LogP contribution < -0.4 is 5.32 Å². The number of ether oxygens (including phenoxy) is 1. The molecule has 6 atom stereocenters. The van der Waals surface area contributed by atoms with Gasteiger partial charge in [-0.15, -0.1) is 0 Å². The minimum absolute atomic E-state index is 0.0133. The molecule has 5 rings (SSSR count). The summed E-state index contributed by atoms with van der Waals surface area (Å²) in [6.07, 6.45) is 6.44. The molecule has 7 heteroatoms. The average Bonchev–Trinajstić information content (AvgIpc) is 3.38. The van der Waals surface area contributed by atoms with E-state index in [2.05, 4.69) is 21.2 Å². The molecule has 0 radical (unpaired) electrons. The van der Waals surface area contributed by atoms with E-state index in [0.29, 0.717) is 11.3 Å². The number of alkyl halides is 1. The Hall–Kier alpha value is -1.89. The molecule has 1 N–H and O–H groups in total. The van der Waals surface area contributed by atoms with Crippen LogP contribution in [0.5, 0.6) is 0 Å². The molecule has 2 bridgehead atoms. The van der Waals surface area contributed by atoms with Crippen LogP contribution in [0.4, 0.5) is 5.69 Å². The minimum Gasteiger partial charge on any atom is -0.461 e. The predicted octanol–water partition coefficient (Wildman–Crippen LogP) is 3.60. The molecule has 3 saturated carbocycles. The minimum atomic E-state index is -0.380. The van der Waals surface area contributed by atoms with Crippen LogP contribution in [0, 0.1) is 23.7 Å². The highest BCUT2D eigenvalue weighted by molar-refractivity contribution is 9.09. The van der Waals surface area contributed by atoms with Crippen molar-refractivity contribution >= 4 is 39.4 Å². The highest BCUT2D eigenvalue weighted by Gasteiger charge is 2.67. The van der Waals surface area contributed by atoms with E-state index in [4.69, 9.17) is 4.74 Å². The van der Waals surface area contributed by atoms with Gasteiger partial charge < -0.3 is 15.0 Å². The second kappa shape index (κ2) is 7.66. The summed E-state index contributed by atoms with van der Waals surface area (Å²) in [5.41, 5.74) is 1.17. The molecule has 0 spiro atoms. The van der Waals surface area contributed by atoms with Gasteiger partial charge in [0.2, 0.25) is 5.91 Å². The van der Waals surface area contributed by atoms with Gasteiger partial charge in [0.05, 0.1) is 16.7 Å². The molecule has 4 fully saturated rings. The van der Waals surface area contributed by atoms with E-state index in [1.165, 1.54) is 19.3 Å². The summed E-state index contributed by atoms with van der Waals surface area (Å²) in [6, 6.07) is 7.42. The smallest absolute Gasteiger partial charge is 0.310 e. The quantitative estimate of drug-likeness (QED) is 0.534. The topological polar surface area (TPSA) is 75.7 Å². The Bertz CT molecular complexity index is 884. The van der Waals surface area contributed by atoms with Crippen molar-refractivity contribution in [3.05, 3.63) is 29.8 Å². The molecule has 1 aromatic rings. The fourth-order valence-corrected chi connectivity index (χ4v) is 7.17. The Labute approximate surface area is 184 Å². The van der Waals surface area contributed by atoms with Crippen molar-refractivity contribution in [2.75, 3.05) is 12.4 Å². The molecule has 6 nitrogen and oxygen atoms in total. The fraction of sp³-hybridized carbons (Fsp3) is 0.609. The van der Waals surface area contributed by atoms with E-state index in [0.717, 1.165) is 19.3 Å². The maximum absolute atomic E-state index is 13.1. The Morgan fingerprint density at radius 3 is 2.70 bits per heavy atom. The van der Waals surface area contributed by atoms with Gasteiger partial charge in [0, 0.05) is 30.3 Å². The Morgan fingerprint density at radius 2 is 1.93 bits per heavy atom. The standard InChI is InChI=1S/C23H27BrN2O4/c1-26(14-8-3-2-4-9-14)22(28)12-6-5-7-13(10-12)25-21(27)17-15-11-16-18(17)23(29)30-20(16)19(15)24/h5-7,10,14-20H,2-4,8-9,11H2,1H3,(H,25,27)/t15-,16-,17-,18-,19+,20+/m1/s1. The van der Waals surface area contributed by atoms with Crippen molar-refractivity contribution in [3.8, 4) is 0 Å². The van der Waals surface area contributed by atoms with E-state index in [1.807, 2.05) is 11.9 Å². The van der Waals surface area contributed by atoms with E-state index < -0.39 is 0 Å². The summed E-state index contributed by atoms with van der Waals surface area (Å²) in [7, 11) is 1.87. The number of carbonyl (C=O) groups is 3. The molecule has 1 heterocycles. The number of nitrogens with one attached hydrogen (secondary N) is 1. The summed E-state index contributed by atoms with van der Waals surface area (Å²) in [5.74, 6) is -0.878. The van der Waals surface area contributed by atoms with Crippen molar-refractivity contribution < 1.29 is 19.1 Å². The zero-order valence-electron chi connectivity index (χ0n) is 17.1. The van der Waals surface area contributed by atoms with Crippen molar-refractivity contribution in [2.24, 2.45) is 23.7 Å². The molecule has 1 aliphatic heterocycles. The third-order valence-electron chi connectivity index (χ3n) is 7.65. The molecule has 1 saturated heterocycles. The second-order valence-electron chi connectivity index (χ2n) is 9.24. The molecule has 2 amide bonds. The third-order valence-corrected chi connectivity index (χ3v) is 8.85. The van der Waals surface area contributed by atoms with Gasteiger partial charge in [-0.2, -0.15) is 0 Å².